The van der Waals surface area contributed by atoms with E-state index >= 15 is 0 Å². The van der Waals surface area contributed by atoms with Crippen LogP contribution in [-0.4, -0.2) is 11.1 Å². The molecule has 23 heavy (non-hydrogen) atoms. The fourth-order valence-electron chi connectivity index (χ4n) is 5.88. The van der Waals surface area contributed by atoms with Gasteiger partial charge in [-0.3, -0.25) is 4.79 Å². The van der Waals surface area contributed by atoms with E-state index in [2.05, 4.69) is 25.2 Å². The summed E-state index contributed by atoms with van der Waals surface area (Å²) in [5.41, 5.74) is 4.61. The fourth-order valence-corrected chi connectivity index (χ4v) is 5.88. The first-order valence-electron chi connectivity index (χ1n) is 9.43. The van der Waals surface area contributed by atoms with Crippen LogP contribution in [0.5, 0.6) is 0 Å². The van der Waals surface area contributed by atoms with E-state index < -0.39 is 5.97 Å². The summed E-state index contributed by atoms with van der Waals surface area (Å²) >= 11 is 0. The molecule has 0 aromatic carbocycles. The van der Waals surface area contributed by atoms with Crippen molar-refractivity contribution < 1.29 is 9.90 Å². The third-order valence-electron chi connectivity index (χ3n) is 7.15. The molecule has 0 aliphatic heterocycles. The maximum atomic E-state index is 11.0. The van der Waals surface area contributed by atoms with Gasteiger partial charge >= 0.3 is 5.97 Å². The van der Waals surface area contributed by atoms with Crippen LogP contribution in [0.3, 0.4) is 0 Å². The Labute approximate surface area is 139 Å². The van der Waals surface area contributed by atoms with Crippen LogP contribution in [-0.2, 0) is 4.79 Å². The second-order valence-corrected chi connectivity index (χ2v) is 8.25. The molecule has 1 N–H and O–H groups in total. The Morgan fingerprint density at radius 3 is 2.91 bits per heavy atom. The summed E-state index contributed by atoms with van der Waals surface area (Å²) in [6.45, 7) is 2.35. The Morgan fingerprint density at radius 1 is 1.26 bits per heavy atom. The molecule has 0 spiro atoms. The lowest BCUT2D eigenvalue weighted by molar-refractivity contribution is -0.137. The normalized spacial score (nSPS) is 38.7. The Morgan fingerprint density at radius 2 is 2.09 bits per heavy atom. The number of aliphatic carboxylic acids is 1. The second kappa shape index (κ2) is 5.65. The van der Waals surface area contributed by atoms with E-state index in [1.807, 2.05) is 0 Å². The zero-order valence-electron chi connectivity index (χ0n) is 14.2. The highest BCUT2D eigenvalue weighted by molar-refractivity contribution is 5.67. The van der Waals surface area contributed by atoms with Crippen molar-refractivity contribution in [2.24, 2.45) is 23.2 Å². The number of allylic oxidation sites excluding steroid dienone is 6. The maximum absolute atomic E-state index is 11.0. The third-order valence-corrected chi connectivity index (χ3v) is 7.15. The molecule has 2 saturated carbocycles. The molecule has 2 heteroatoms. The van der Waals surface area contributed by atoms with Gasteiger partial charge < -0.3 is 5.11 Å². The van der Waals surface area contributed by atoms with Gasteiger partial charge in [-0.1, -0.05) is 43.6 Å². The van der Waals surface area contributed by atoms with Crippen molar-refractivity contribution in [1.29, 1.82) is 0 Å². The number of fused-ring (bicyclic) bond motifs is 5. The van der Waals surface area contributed by atoms with Gasteiger partial charge in [0.05, 0.1) is 0 Å². The lowest BCUT2D eigenvalue weighted by atomic mass is 9.55. The Bertz CT molecular complexity index is 609. The topological polar surface area (TPSA) is 37.3 Å². The van der Waals surface area contributed by atoms with Crippen molar-refractivity contribution in [2.45, 2.75) is 64.7 Å². The molecule has 4 atom stereocenters. The molecule has 1 unspecified atom stereocenters. The van der Waals surface area contributed by atoms with Gasteiger partial charge in [-0.15, -0.1) is 0 Å². The number of hydrogen-bond donors (Lipinski definition) is 1. The smallest absolute Gasteiger partial charge is 0.303 e. The van der Waals surface area contributed by atoms with E-state index in [4.69, 9.17) is 5.11 Å². The number of carbonyl (C=O) groups is 1. The van der Waals surface area contributed by atoms with Crippen LogP contribution in [0.1, 0.15) is 64.7 Å². The number of rotatable bonds is 3. The predicted octanol–water partition coefficient (Wildman–Crippen LogP) is 5.27. The maximum Gasteiger partial charge on any atom is 0.303 e. The highest BCUT2D eigenvalue weighted by Gasteiger charge is 2.47. The summed E-state index contributed by atoms with van der Waals surface area (Å²) in [7, 11) is 0. The number of carboxylic acid groups (broad SMARTS) is 1. The average Bonchev–Trinajstić information content (AvgIpc) is 2.89. The van der Waals surface area contributed by atoms with Gasteiger partial charge in [-0.25, -0.2) is 0 Å². The van der Waals surface area contributed by atoms with E-state index in [9.17, 15) is 4.79 Å². The van der Waals surface area contributed by atoms with Gasteiger partial charge in [0.2, 0.25) is 0 Å². The monoisotopic (exact) mass is 312 g/mol. The molecule has 4 aliphatic carbocycles. The van der Waals surface area contributed by atoms with Gasteiger partial charge in [-0.05, 0) is 67.4 Å². The van der Waals surface area contributed by atoms with Crippen molar-refractivity contribution in [3.63, 3.8) is 0 Å². The van der Waals surface area contributed by atoms with Crippen LogP contribution in [0.4, 0.5) is 0 Å². The minimum Gasteiger partial charge on any atom is -0.481 e. The minimum absolute atomic E-state index is 0.110. The first-order chi connectivity index (χ1) is 11.1. The summed E-state index contributed by atoms with van der Waals surface area (Å²) in [6.07, 6.45) is 17.5. The number of hydrogen-bond acceptors (Lipinski definition) is 1. The molecule has 4 aliphatic rings. The van der Waals surface area contributed by atoms with Crippen LogP contribution in [0.15, 0.2) is 34.9 Å². The van der Waals surface area contributed by atoms with E-state index in [1.165, 1.54) is 56.1 Å². The summed E-state index contributed by atoms with van der Waals surface area (Å²) in [4.78, 5) is 11.0. The third kappa shape index (κ3) is 2.42. The molecule has 0 amide bonds. The van der Waals surface area contributed by atoms with Gasteiger partial charge in [-0.2, -0.15) is 0 Å². The van der Waals surface area contributed by atoms with Crippen molar-refractivity contribution in [2.75, 3.05) is 0 Å². The molecule has 0 aromatic rings. The zero-order valence-corrected chi connectivity index (χ0v) is 14.2. The summed E-state index contributed by atoms with van der Waals surface area (Å²) in [5.74, 6) is 1.94. The predicted molar refractivity (Wildman–Crippen MR) is 92.0 cm³/mol. The first kappa shape index (κ1) is 15.2. The SMILES string of the molecule is C[C@]12CC[C@H]3C(=CCC4CCCC[C@@H]43)C1=CC=C2CCC(=O)O. The molecule has 0 radical (unpaired) electrons. The zero-order chi connectivity index (χ0) is 16.0. The quantitative estimate of drug-likeness (QED) is 0.770. The Balaban J connectivity index is 1.58. The molecule has 0 aromatic heterocycles. The molecule has 0 heterocycles. The van der Waals surface area contributed by atoms with Gasteiger partial charge in [0.15, 0.2) is 0 Å². The van der Waals surface area contributed by atoms with E-state index in [0.29, 0.717) is 6.42 Å². The lowest BCUT2D eigenvalue weighted by Crippen LogP contribution is -2.38. The van der Waals surface area contributed by atoms with Gasteiger partial charge in [0, 0.05) is 11.8 Å². The lowest BCUT2D eigenvalue weighted by Gasteiger charge is -2.49. The summed E-state index contributed by atoms with van der Waals surface area (Å²) in [5, 5.41) is 9.01. The molecule has 124 valence electrons. The van der Waals surface area contributed by atoms with Crippen LogP contribution in [0, 0.1) is 23.2 Å². The standard InChI is InChI=1S/C21H28O2/c1-21-13-12-17-16-5-3-2-4-14(16)6-9-18(17)19(21)10-7-15(21)8-11-20(22)23/h7,9-10,14,16-17H,2-6,8,11-13H2,1H3,(H,22,23)/t14?,16-,17+,21+/m0/s1. The minimum atomic E-state index is -0.682. The molecule has 2 nitrogen and oxygen atoms in total. The van der Waals surface area contributed by atoms with E-state index in [0.717, 1.165) is 17.8 Å². The van der Waals surface area contributed by atoms with Crippen LogP contribution < -0.4 is 0 Å². The molecule has 4 rings (SSSR count). The van der Waals surface area contributed by atoms with Gasteiger partial charge in [0.25, 0.3) is 0 Å². The largest absolute Gasteiger partial charge is 0.481 e. The van der Waals surface area contributed by atoms with Gasteiger partial charge in [0.1, 0.15) is 0 Å². The van der Waals surface area contributed by atoms with Crippen molar-refractivity contribution in [3.05, 3.63) is 34.9 Å². The van der Waals surface area contributed by atoms with E-state index in [-0.39, 0.29) is 11.8 Å². The highest BCUT2D eigenvalue weighted by Crippen LogP contribution is 2.59. The molecule has 2 fully saturated rings. The molecular formula is C21H28O2. The Hall–Kier alpha value is -1.31. The van der Waals surface area contributed by atoms with Crippen molar-refractivity contribution >= 4 is 5.97 Å². The number of carboxylic acids is 1. The average molecular weight is 312 g/mol. The molecular weight excluding hydrogens is 284 g/mol. The first-order valence-corrected chi connectivity index (χ1v) is 9.43. The highest BCUT2D eigenvalue weighted by atomic mass is 16.4. The van der Waals surface area contributed by atoms with Crippen molar-refractivity contribution in [1.82, 2.24) is 0 Å². The van der Waals surface area contributed by atoms with Crippen molar-refractivity contribution in [3.8, 4) is 0 Å². The summed E-state index contributed by atoms with van der Waals surface area (Å²) in [6, 6.07) is 0. The fraction of sp³-hybridized carbons (Fsp3) is 0.667. The van der Waals surface area contributed by atoms with Crippen LogP contribution in [0.25, 0.3) is 0 Å². The van der Waals surface area contributed by atoms with Crippen LogP contribution in [0.2, 0.25) is 0 Å². The second-order valence-electron chi connectivity index (χ2n) is 8.25. The molecule has 0 saturated heterocycles. The van der Waals surface area contributed by atoms with Crippen LogP contribution >= 0.6 is 0 Å². The molecule has 0 bridgehead atoms. The Kier molecular flexibility index (Phi) is 3.74. The summed E-state index contributed by atoms with van der Waals surface area (Å²) < 4.78 is 0. The van der Waals surface area contributed by atoms with E-state index in [1.54, 1.807) is 5.57 Å².